The van der Waals surface area contributed by atoms with Gasteiger partial charge in [0.15, 0.2) is 0 Å². The van der Waals surface area contributed by atoms with Crippen LogP contribution in [0.2, 0.25) is 0 Å². The van der Waals surface area contributed by atoms with E-state index in [2.05, 4.69) is 14.9 Å². The van der Waals surface area contributed by atoms with E-state index < -0.39 is 42.7 Å². The number of halogens is 1. The maximum atomic E-state index is 13.7. The van der Waals surface area contributed by atoms with E-state index in [1.165, 1.54) is 18.2 Å². The van der Waals surface area contributed by atoms with Crippen molar-refractivity contribution < 1.29 is 25.6 Å². The van der Waals surface area contributed by atoms with Crippen LogP contribution in [0.15, 0.2) is 33.9 Å². The summed E-state index contributed by atoms with van der Waals surface area (Å²) in [6.07, 6.45) is 0.967. The van der Waals surface area contributed by atoms with Gasteiger partial charge in [-0.15, -0.1) is 5.10 Å². The Bertz CT molecular complexity index is 954. The van der Waals surface area contributed by atoms with Crippen molar-refractivity contribution >= 4 is 19.9 Å². The first kappa shape index (κ1) is 19.5. The molecule has 0 radical (unpaired) electrons. The van der Waals surface area contributed by atoms with Gasteiger partial charge < -0.3 is 4.42 Å². The molecule has 11 heteroatoms. The van der Waals surface area contributed by atoms with Crippen LogP contribution in [-0.4, -0.2) is 33.3 Å². The highest BCUT2D eigenvalue weighted by Crippen LogP contribution is 2.24. The first-order chi connectivity index (χ1) is 11.5. The summed E-state index contributed by atoms with van der Waals surface area (Å²) >= 11 is 0. The van der Waals surface area contributed by atoms with Crippen LogP contribution in [0.4, 0.5) is 4.39 Å². The molecule has 1 aromatic heterocycles. The van der Waals surface area contributed by atoms with Gasteiger partial charge in [0.05, 0.1) is 12.0 Å². The fraction of sp³-hybridized carbons (Fsp3) is 0.429. The van der Waals surface area contributed by atoms with Gasteiger partial charge in [-0.3, -0.25) is 0 Å². The summed E-state index contributed by atoms with van der Waals surface area (Å²) in [4.78, 5) is 0. The number of hydrogen-bond acceptors (Lipinski definition) is 7. The standard InChI is InChI=1S/C14H18FN3O5S2/c1-9(2)12(18-24(3,19)20)13-16-17-14(23-13)25(21,22)8-10-6-4-5-7-11(10)15/h4-7,9,12,18H,8H2,1-3H3/t12-/m0/s1. The molecule has 1 N–H and O–H groups in total. The molecule has 1 aromatic carbocycles. The lowest BCUT2D eigenvalue weighted by atomic mass is 10.1. The maximum absolute atomic E-state index is 13.7. The number of nitrogens with zero attached hydrogens (tertiary/aromatic N) is 2. The summed E-state index contributed by atoms with van der Waals surface area (Å²) in [5, 5.41) is 6.43. The van der Waals surface area contributed by atoms with Crippen molar-refractivity contribution in [3.05, 3.63) is 41.5 Å². The number of rotatable bonds is 7. The van der Waals surface area contributed by atoms with Crippen molar-refractivity contribution in [2.24, 2.45) is 5.92 Å². The molecule has 138 valence electrons. The number of nitrogens with one attached hydrogen (secondary N) is 1. The number of sulfonamides is 1. The zero-order valence-electron chi connectivity index (χ0n) is 13.8. The molecule has 0 aliphatic carbocycles. The number of sulfone groups is 1. The summed E-state index contributed by atoms with van der Waals surface area (Å²) in [5.41, 5.74) is -0.0306. The van der Waals surface area contributed by atoms with E-state index in [0.717, 1.165) is 12.3 Å². The second kappa shape index (κ2) is 7.18. The lowest BCUT2D eigenvalue weighted by molar-refractivity contribution is 0.327. The summed E-state index contributed by atoms with van der Waals surface area (Å²) in [5.74, 6) is -1.75. The van der Waals surface area contributed by atoms with Gasteiger partial charge in [0.2, 0.25) is 25.8 Å². The van der Waals surface area contributed by atoms with Crippen LogP contribution in [0.5, 0.6) is 0 Å². The van der Waals surface area contributed by atoms with Gasteiger partial charge in [-0.25, -0.2) is 25.9 Å². The molecule has 0 amide bonds. The maximum Gasteiger partial charge on any atom is 0.335 e. The third-order valence-corrected chi connectivity index (χ3v) is 5.34. The summed E-state index contributed by atoms with van der Waals surface area (Å²) < 4.78 is 68.7. The summed E-state index contributed by atoms with van der Waals surface area (Å²) in [6.45, 7) is 3.42. The highest BCUT2D eigenvalue weighted by atomic mass is 32.2. The minimum absolute atomic E-state index is 0.0306. The Morgan fingerprint density at radius 1 is 1.16 bits per heavy atom. The molecule has 0 saturated heterocycles. The Balaban J connectivity index is 2.31. The molecule has 25 heavy (non-hydrogen) atoms. The van der Waals surface area contributed by atoms with E-state index in [0.29, 0.717) is 0 Å². The predicted molar refractivity (Wildman–Crippen MR) is 87.1 cm³/mol. The van der Waals surface area contributed by atoms with Gasteiger partial charge in [-0.1, -0.05) is 37.1 Å². The molecule has 0 fully saturated rings. The van der Waals surface area contributed by atoms with Crippen LogP contribution in [-0.2, 0) is 25.6 Å². The number of hydrogen-bond donors (Lipinski definition) is 1. The fourth-order valence-corrected chi connectivity index (χ4v) is 4.03. The van der Waals surface area contributed by atoms with Gasteiger partial charge in [0.1, 0.15) is 11.9 Å². The first-order valence-electron chi connectivity index (χ1n) is 7.26. The Labute approximate surface area is 145 Å². The molecule has 0 unspecified atom stereocenters. The van der Waals surface area contributed by atoms with Crippen molar-refractivity contribution in [1.29, 1.82) is 0 Å². The lowest BCUT2D eigenvalue weighted by Gasteiger charge is -2.16. The monoisotopic (exact) mass is 391 g/mol. The molecule has 1 heterocycles. The normalized spacial score (nSPS) is 14.0. The Morgan fingerprint density at radius 2 is 1.80 bits per heavy atom. The molecule has 0 aliphatic heterocycles. The second-order valence-electron chi connectivity index (χ2n) is 5.87. The molecule has 0 spiro atoms. The largest absolute Gasteiger partial charge is 0.411 e. The minimum atomic E-state index is -4.08. The second-order valence-corrected chi connectivity index (χ2v) is 9.52. The lowest BCUT2D eigenvalue weighted by Crippen LogP contribution is -2.31. The molecule has 0 bridgehead atoms. The third kappa shape index (κ3) is 5.06. The Morgan fingerprint density at radius 3 is 2.36 bits per heavy atom. The average molecular weight is 391 g/mol. The van der Waals surface area contributed by atoms with Crippen LogP contribution in [0.3, 0.4) is 0 Å². The van der Waals surface area contributed by atoms with Crippen LogP contribution >= 0.6 is 0 Å². The molecule has 0 saturated carbocycles. The highest BCUT2D eigenvalue weighted by molar-refractivity contribution is 7.90. The van der Waals surface area contributed by atoms with E-state index in [4.69, 9.17) is 4.42 Å². The highest BCUT2D eigenvalue weighted by Gasteiger charge is 2.29. The van der Waals surface area contributed by atoms with Crippen LogP contribution in [0, 0.1) is 11.7 Å². The quantitative estimate of drug-likeness (QED) is 0.758. The van der Waals surface area contributed by atoms with Crippen molar-refractivity contribution in [3.63, 3.8) is 0 Å². The Kier molecular flexibility index (Phi) is 5.59. The van der Waals surface area contributed by atoms with E-state index in [1.54, 1.807) is 13.8 Å². The van der Waals surface area contributed by atoms with Gasteiger partial charge in [-0.2, -0.15) is 0 Å². The summed E-state index contributed by atoms with van der Waals surface area (Å²) in [7, 11) is -7.65. The van der Waals surface area contributed by atoms with Crippen molar-refractivity contribution in [3.8, 4) is 0 Å². The zero-order chi connectivity index (χ0) is 18.8. The molecular formula is C14H18FN3O5S2. The minimum Gasteiger partial charge on any atom is -0.411 e. The number of aromatic nitrogens is 2. The zero-order valence-corrected chi connectivity index (χ0v) is 15.4. The molecule has 8 nitrogen and oxygen atoms in total. The Hall–Kier alpha value is -1.85. The smallest absolute Gasteiger partial charge is 0.335 e. The van der Waals surface area contributed by atoms with Crippen molar-refractivity contribution in [2.75, 3.05) is 6.26 Å². The van der Waals surface area contributed by atoms with E-state index in [-0.39, 0.29) is 17.4 Å². The number of benzene rings is 1. The molecular weight excluding hydrogens is 373 g/mol. The van der Waals surface area contributed by atoms with Gasteiger partial charge in [0, 0.05) is 5.56 Å². The van der Waals surface area contributed by atoms with Gasteiger partial charge in [-0.05, 0) is 12.0 Å². The predicted octanol–water partition coefficient (Wildman–Crippen LogP) is 1.43. The topological polar surface area (TPSA) is 119 Å². The SMILES string of the molecule is CC(C)[C@H](NS(C)(=O)=O)c1nnc(S(=O)(=O)Cc2ccccc2F)o1. The molecule has 0 aliphatic rings. The van der Waals surface area contributed by atoms with Crippen molar-refractivity contribution in [2.45, 2.75) is 30.9 Å². The van der Waals surface area contributed by atoms with E-state index in [1.807, 2.05) is 0 Å². The van der Waals surface area contributed by atoms with Gasteiger partial charge >= 0.3 is 5.22 Å². The first-order valence-corrected chi connectivity index (χ1v) is 10.8. The van der Waals surface area contributed by atoms with Gasteiger partial charge in [0.25, 0.3) is 0 Å². The molecule has 1 atom stereocenters. The van der Waals surface area contributed by atoms with Crippen molar-refractivity contribution in [1.82, 2.24) is 14.9 Å². The summed E-state index contributed by atoms with van der Waals surface area (Å²) in [6, 6.07) is 4.57. The average Bonchev–Trinajstić information content (AvgIpc) is 2.96. The van der Waals surface area contributed by atoms with E-state index >= 15 is 0 Å². The molecule has 2 rings (SSSR count). The van der Waals surface area contributed by atoms with E-state index in [9.17, 15) is 21.2 Å². The van der Waals surface area contributed by atoms with Crippen LogP contribution < -0.4 is 4.72 Å². The molecule has 2 aromatic rings. The third-order valence-electron chi connectivity index (χ3n) is 3.27. The van der Waals surface area contributed by atoms with Crippen LogP contribution in [0.1, 0.15) is 31.3 Å². The van der Waals surface area contributed by atoms with Crippen LogP contribution in [0.25, 0.3) is 0 Å². The fourth-order valence-electron chi connectivity index (χ4n) is 2.06.